The van der Waals surface area contributed by atoms with E-state index in [1.54, 1.807) is 12.1 Å². The maximum Gasteiger partial charge on any atom is 0.338 e. The molecule has 0 atom stereocenters. The number of carbonyl (C=O) groups is 2. The van der Waals surface area contributed by atoms with Gasteiger partial charge in [-0.25, -0.2) is 4.79 Å². The minimum atomic E-state index is -0.497. The number of aryl methyl sites for hydroxylation is 1. The van der Waals surface area contributed by atoms with Gasteiger partial charge in [0.1, 0.15) is 0 Å². The van der Waals surface area contributed by atoms with Crippen LogP contribution in [-0.4, -0.2) is 29.7 Å². The molecule has 6 nitrogen and oxygen atoms in total. The maximum atomic E-state index is 12.8. The molecule has 0 saturated heterocycles. The topological polar surface area (TPSA) is 66.8 Å². The van der Waals surface area contributed by atoms with Gasteiger partial charge in [-0.15, -0.1) is 0 Å². The minimum Gasteiger partial charge on any atom is -0.454 e. The third-order valence-corrected chi connectivity index (χ3v) is 5.80. The van der Waals surface area contributed by atoms with E-state index in [4.69, 9.17) is 14.2 Å². The molecule has 0 N–H and O–H groups in total. The van der Waals surface area contributed by atoms with Crippen LogP contribution in [0.15, 0.2) is 48.5 Å². The van der Waals surface area contributed by atoms with Gasteiger partial charge in [-0.05, 0) is 61.2 Å². The molecule has 0 spiro atoms. The van der Waals surface area contributed by atoms with Crippen molar-refractivity contribution in [2.75, 3.05) is 13.4 Å². The van der Waals surface area contributed by atoms with Crippen molar-refractivity contribution in [2.45, 2.75) is 40.2 Å². The highest BCUT2D eigenvalue weighted by Gasteiger charge is 2.19. The normalized spacial score (nSPS) is 12.3. The molecule has 0 bridgehead atoms. The van der Waals surface area contributed by atoms with Gasteiger partial charge in [0.25, 0.3) is 0 Å². The number of ether oxygens (including phenoxy) is 3. The number of esters is 1. The second kappa shape index (κ2) is 8.91. The number of ketones is 1. The number of benzene rings is 2. The van der Waals surface area contributed by atoms with Crippen molar-refractivity contribution < 1.29 is 23.8 Å². The molecule has 2 aromatic carbocycles. The average molecular weight is 434 g/mol. The molecule has 0 fully saturated rings. The van der Waals surface area contributed by atoms with Gasteiger partial charge in [-0.2, -0.15) is 0 Å². The lowest BCUT2D eigenvalue weighted by atomic mass is 10.0. The molecule has 1 aliphatic rings. The summed E-state index contributed by atoms with van der Waals surface area (Å²) in [5, 5.41) is 0. The van der Waals surface area contributed by atoms with Gasteiger partial charge < -0.3 is 18.8 Å². The van der Waals surface area contributed by atoms with Crippen LogP contribution in [0.5, 0.6) is 11.5 Å². The number of Topliss-reactive ketones (excluding diaryl/α,β-unsaturated/α-hetero) is 1. The summed E-state index contributed by atoms with van der Waals surface area (Å²) in [5.41, 5.74) is 4.99. The van der Waals surface area contributed by atoms with E-state index >= 15 is 0 Å². The Kier molecular flexibility index (Phi) is 6.04. The van der Waals surface area contributed by atoms with Crippen molar-refractivity contribution in [3.05, 3.63) is 82.2 Å². The Bertz CT molecular complexity index is 1160. The Morgan fingerprint density at radius 3 is 2.44 bits per heavy atom. The van der Waals surface area contributed by atoms with Gasteiger partial charge in [0.15, 0.2) is 18.1 Å². The van der Waals surface area contributed by atoms with Crippen molar-refractivity contribution >= 4 is 11.8 Å². The zero-order valence-corrected chi connectivity index (χ0v) is 18.8. The van der Waals surface area contributed by atoms with Gasteiger partial charge in [-0.1, -0.05) is 32.0 Å². The van der Waals surface area contributed by atoms with Crippen LogP contribution in [0, 0.1) is 13.8 Å². The van der Waals surface area contributed by atoms with Gasteiger partial charge in [0.2, 0.25) is 12.6 Å². The third-order valence-electron chi connectivity index (χ3n) is 5.80. The zero-order chi connectivity index (χ0) is 22.8. The first-order valence-electron chi connectivity index (χ1n) is 10.7. The number of fused-ring (bicyclic) bond motifs is 1. The fraction of sp³-hybridized carbons (Fsp3) is 0.308. The Labute approximate surface area is 187 Å². The Balaban J connectivity index is 1.42. The summed E-state index contributed by atoms with van der Waals surface area (Å²) in [7, 11) is 0. The number of hydrogen-bond acceptors (Lipinski definition) is 5. The summed E-state index contributed by atoms with van der Waals surface area (Å²) < 4.78 is 18.2. The smallest absolute Gasteiger partial charge is 0.338 e. The minimum absolute atomic E-state index is 0.220. The van der Waals surface area contributed by atoms with E-state index < -0.39 is 5.97 Å². The number of aromatic nitrogens is 1. The summed E-state index contributed by atoms with van der Waals surface area (Å²) in [6.45, 7) is 8.59. The average Bonchev–Trinajstić information content (AvgIpc) is 3.36. The molecular weight excluding hydrogens is 406 g/mol. The van der Waals surface area contributed by atoms with Crippen LogP contribution < -0.4 is 9.47 Å². The molecule has 1 aromatic heterocycles. The molecule has 0 amide bonds. The Morgan fingerprint density at radius 2 is 1.72 bits per heavy atom. The lowest BCUT2D eigenvalue weighted by molar-refractivity contribution is 0.0474. The van der Waals surface area contributed by atoms with E-state index in [1.165, 1.54) is 0 Å². The van der Waals surface area contributed by atoms with Crippen LogP contribution in [0.1, 0.15) is 63.0 Å². The maximum absolute atomic E-state index is 12.8. The molecule has 6 heteroatoms. The third kappa shape index (κ3) is 4.40. The molecule has 1 aliphatic heterocycles. The fourth-order valence-corrected chi connectivity index (χ4v) is 3.84. The van der Waals surface area contributed by atoms with E-state index in [9.17, 15) is 9.59 Å². The quantitative estimate of drug-likeness (QED) is 0.386. The molecule has 3 aromatic rings. The SMILES string of the molecule is Cc1cc(C(=O)COC(=O)c2ccc(C(C)C)cc2)c(C)n1Cc1ccc2c(c1)OCO2. The number of nitrogens with zero attached hydrogens (tertiary/aromatic N) is 1. The lowest BCUT2D eigenvalue weighted by Gasteiger charge is -2.11. The predicted octanol–water partition coefficient (Wildman–Crippen LogP) is 5.05. The van der Waals surface area contributed by atoms with Crippen molar-refractivity contribution in [3.8, 4) is 11.5 Å². The summed E-state index contributed by atoms with van der Waals surface area (Å²) >= 11 is 0. The summed E-state index contributed by atoms with van der Waals surface area (Å²) in [4.78, 5) is 25.1. The highest BCUT2D eigenvalue weighted by atomic mass is 16.7. The van der Waals surface area contributed by atoms with Crippen LogP contribution in [0.25, 0.3) is 0 Å². The molecule has 2 heterocycles. The molecule has 0 aliphatic carbocycles. The second-order valence-corrected chi connectivity index (χ2v) is 8.33. The molecule has 0 saturated carbocycles. The van der Waals surface area contributed by atoms with Gasteiger partial charge in [0, 0.05) is 23.5 Å². The number of hydrogen-bond donors (Lipinski definition) is 0. The zero-order valence-electron chi connectivity index (χ0n) is 18.8. The Hall–Kier alpha value is -3.54. The van der Waals surface area contributed by atoms with Crippen LogP contribution in [0.3, 0.4) is 0 Å². The van der Waals surface area contributed by atoms with E-state index in [0.717, 1.165) is 34.0 Å². The second-order valence-electron chi connectivity index (χ2n) is 8.33. The fourth-order valence-electron chi connectivity index (χ4n) is 3.84. The first kappa shape index (κ1) is 21.7. The van der Waals surface area contributed by atoms with Crippen LogP contribution in [-0.2, 0) is 11.3 Å². The van der Waals surface area contributed by atoms with Gasteiger partial charge in [-0.3, -0.25) is 4.79 Å². The molecule has 0 radical (unpaired) electrons. The number of carbonyl (C=O) groups excluding carboxylic acids is 2. The monoisotopic (exact) mass is 433 g/mol. The van der Waals surface area contributed by atoms with Crippen molar-refractivity contribution in [3.63, 3.8) is 0 Å². The molecule has 0 unspecified atom stereocenters. The van der Waals surface area contributed by atoms with Crippen molar-refractivity contribution in [2.24, 2.45) is 0 Å². The van der Waals surface area contributed by atoms with Crippen LogP contribution in [0.4, 0.5) is 0 Å². The standard InChI is InChI=1S/C26H27NO5/c1-16(2)20-6-8-21(9-7-20)26(29)30-14-23(28)22-11-17(3)27(18(22)4)13-19-5-10-24-25(12-19)32-15-31-24/h5-12,16H,13-15H2,1-4H3. The van der Waals surface area contributed by atoms with E-state index in [1.807, 2.05) is 50.2 Å². The van der Waals surface area contributed by atoms with E-state index in [-0.39, 0.29) is 19.2 Å². The van der Waals surface area contributed by atoms with E-state index in [0.29, 0.717) is 23.6 Å². The van der Waals surface area contributed by atoms with Gasteiger partial charge in [0.05, 0.1) is 5.56 Å². The van der Waals surface area contributed by atoms with E-state index in [2.05, 4.69) is 18.4 Å². The van der Waals surface area contributed by atoms with Gasteiger partial charge >= 0.3 is 5.97 Å². The Morgan fingerprint density at radius 1 is 1.00 bits per heavy atom. The summed E-state index contributed by atoms with van der Waals surface area (Å²) in [5.74, 6) is 1.14. The highest BCUT2D eigenvalue weighted by molar-refractivity contribution is 6.00. The molecule has 166 valence electrons. The number of rotatable bonds is 7. The first-order chi connectivity index (χ1) is 15.3. The molecule has 32 heavy (non-hydrogen) atoms. The summed E-state index contributed by atoms with van der Waals surface area (Å²) in [6.07, 6.45) is 0. The predicted molar refractivity (Wildman–Crippen MR) is 121 cm³/mol. The van der Waals surface area contributed by atoms with Crippen molar-refractivity contribution in [1.29, 1.82) is 0 Å². The van der Waals surface area contributed by atoms with Crippen LogP contribution in [0.2, 0.25) is 0 Å². The summed E-state index contributed by atoms with van der Waals surface area (Å²) in [6, 6.07) is 15.0. The largest absolute Gasteiger partial charge is 0.454 e. The first-order valence-corrected chi connectivity index (χ1v) is 10.7. The van der Waals surface area contributed by atoms with Crippen molar-refractivity contribution in [1.82, 2.24) is 4.57 Å². The molecule has 4 rings (SSSR count). The molecular formula is C26H27NO5. The van der Waals surface area contributed by atoms with Crippen LogP contribution >= 0.6 is 0 Å². The lowest BCUT2D eigenvalue weighted by Crippen LogP contribution is -2.15. The highest BCUT2D eigenvalue weighted by Crippen LogP contribution is 2.33.